The van der Waals surface area contributed by atoms with Crippen molar-refractivity contribution in [1.29, 1.82) is 0 Å². The molecule has 0 aliphatic rings. The molecule has 1 N–H and O–H groups in total. The Balaban J connectivity index is 2.39. The third-order valence-corrected chi connectivity index (χ3v) is 2.65. The van der Waals surface area contributed by atoms with Gasteiger partial charge in [-0.25, -0.2) is 19.1 Å². The molecule has 0 bridgehead atoms. The number of ether oxygens (including phenoxy) is 1. The van der Waals surface area contributed by atoms with E-state index in [1.54, 1.807) is 0 Å². The normalized spacial score (nSPS) is 10.3. The van der Waals surface area contributed by atoms with Crippen LogP contribution in [-0.2, 0) is 11.3 Å². The van der Waals surface area contributed by atoms with Gasteiger partial charge < -0.3 is 4.74 Å². The molecular formula is C12H11FN3O4+. The van der Waals surface area contributed by atoms with Gasteiger partial charge >= 0.3 is 11.7 Å². The number of halogens is 1. The Morgan fingerprint density at radius 2 is 2.10 bits per heavy atom. The van der Waals surface area contributed by atoms with Gasteiger partial charge in [0.05, 0.1) is 18.6 Å². The maximum Gasteiger partial charge on any atom is 0.368 e. The zero-order valence-electron chi connectivity index (χ0n) is 10.5. The summed E-state index contributed by atoms with van der Waals surface area (Å²) in [5, 5.41) is 12.8. The minimum atomic E-state index is -0.811. The van der Waals surface area contributed by atoms with E-state index in [4.69, 9.17) is 5.21 Å². The van der Waals surface area contributed by atoms with Crippen LogP contribution >= 0.6 is 0 Å². The Morgan fingerprint density at radius 1 is 1.45 bits per heavy atom. The van der Waals surface area contributed by atoms with Crippen molar-refractivity contribution in [2.45, 2.75) is 6.54 Å². The first-order chi connectivity index (χ1) is 9.52. The molecule has 8 heteroatoms. The summed E-state index contributed by atoms with van der Waals surface area (Å²) in [6.45, 7) is 0.124. The molecule has 1 heterocycles. The van der Waals surface area contributed by atoms with E-state index in [2.05, 4.69) is 9.84 Å². The van der Waals surface area contributed by atoms with Crippen molar-refractivity contribution in [2.75, 3.05) is 7.11 Å². The summed E-state index contributed by atoms with van der Waals surface area (Å²) >= 11 is 0. The molecular weight excluding hydrogens is 269 g/mol. The highest BCUT2D eigenvalue weighted by Crippen LogP contribution is 2.19. The molecule has 0 fully saturated rings. The van der Waals surface area contributed by atoms with Crippen LogP contribution in [0.5, 0.6) is 0 Å². The highest BCUT2D eigenvalue weighted by atomic mass is 19.1. The van der Waals surface area contributed by atoms with Crippen molar-refractivity contribution in [3.05, 3.63) is 52.4 Å². The number of hydrogen-bond acceptors (Lipinski definition) is 4. The predicted molar refractivity (Wildman–Crippen MR) is 64.1 cm³/mol. The van der Waals surface area contributed by atoms with E-state index in [9.17, 15) is 14.1 Å². The van der Waals surface area contributed by atoms with E-state index >= 15 is 0 Å². The Bertz CT molecular complexity index is 651. The molecule has 0 unspecified atom stereocenters. The lowest BCUT2D eigenvalue weighted by Crippen LogP contribution is -2.14. The number of carbonyl (C=O) groups excluding carboxylic acids is 1. The lowest BCUT2D eigenvalue weighted by molar-refractivity contribution is -0.729. The van der Waals surface area contributed by atoms with E-state index in [1.807, 2.05) is 0 Å². The minimum absolute atomic E-state index is 0.124. The summed E-state index contributed by atoms with van der Waals surface area (Å²) in [6, 6.07) is 5.57. The molecule has 0 spiro atoms. The summed E-state index contributed by atoms with van der Waals surface area (Å²) in [7, 11) is 1.15. The van der Waals surface area contributed by atoms with Gasteiger partial charge in [-0.3, -0.25) is 0 Å². The Morgan fingerprint density at radius 3 is 2.65 bits per heavy atom. The van der Waals surface area contributed by atoms with E-state index in [0.29, 0.717) is 5.56 Å². The number of nitrogens with zero attached hydrogens (tertiary/aromatic N) is 3. The number of methoxy groups -OCH3 is 1. The molecule has 7 nitrogen and oxygen atoms in total. The average molecular weight is 280 g/mol. The first kappa shape index (κ1) is 13.7. The first-order valence-electron chi connectivity index (χ1n) is 5.57. The third kappa shape index (κ3) is 2.63. The van der Waals surface area contributed by atoms with Gasteiger partial charge in [0.2, 0.25) is 5.69 Å². The molecule has 2 rings (SSSR count). The number of esters is 1. The zero-order valence-corrected chi connectivity index (χ0v) is 10.5. The van der Waals surface area contributed by atoms with Crippen molar-refractivity contribution in [3.63, 3.8) is 0 Å². The van der Waals surface area contributed by atoms with Gasteiger partial charge in [-0.05, 0) is 17.7 Å². The van der Waals surface area contributed by atoms with Crippen molar-refractivity contribution in [3.8, 4) is 0 Å². The van der Waals surface area contributed by atoms with E-state index in [0.717, 1.165) is 13.3 Å². The van der Waals surface area contributed by atoms with Crippen LogP contribution in [0.3, 0.4) is 0 Å². The fraction of sp³-hybridized carbons (Fsp3) is 0.167. The van der Waals surface area contributed by atoms with Gasteiger partial charge in [-0.1, -0.05) is 12.1 Å². The standard InChI is InChI=1S/C12H11FN3O4/c1-20-12(17)11-10(16(18)19)6-14-15(11)7-8-2-4-9(13)5-3-8/h2-6H,7H2,1H3,(H,18,19)/q+1. The van der Waals surface area contributed by atoms with Crippen LogP contribution in [0.2, 0.25) is 0 Å². The molecule has 1 aromatic heterocycles. The van der Waals surface area contributed by atoms with Crippen LogP contribution in [0.4, 0.5) is 10.1 Å². The van der Waals surface area contributed by atoms with Gasteiger partial charge in [0.25, 0.3) is 4.92 Å². The molecule has 0 saturated heterocycles. The molecule has 0 aliphatic heterocycles. The van der Waals surface area contributed by atoms with Crippen molar-refractivity contribution < 1.29 is 24.1 Å². The first-order valence-corrected chi connectivity index (χ1v) is 5.57. The lowest BCUT2D eigenvalue weighted by Gasteiger charge is -2.05. The van der Waals surface area contributed by atoms with Crippen LogP contribution in [0.1, 0.15) is 16.1 Å². The molecule has 0 atom stereocenters. The number of hydrogen-bond donors (Lipinski definition) is 1. The topological polar surface area (TPSA) is 84.4 Å². The second kappa shape index (κ2) is 5.47. The molecule has 1 aromatic carbocycles. The van der Waals surface area contributed by atoms with Crippen LogP contribution in [0.15, 0.2) is 30.5 Å². The van der Waals surface area contributed by atoms with E-state index in [1.165, 1.54) is 28.9 Å². The van der Waals surface area contributed by atoms with Crippen molar-refractivity contribution in [2.24, 2.45) is 0 Å². The van der Waals surface area contributed by atoms with Gasteiger partial charge in [0.1, 0.15) is 12.0 Å². The Labute approximate surface area is 112 Å². The predicted octanol–water partition coefficient (Wildman–Crippen LogP) is 1.66. The van der Waals surface area contributed by atoms with Crippen LogP contribution in [0, 0.1) is 10.7 Å². The van der Waals surface area contributed by atoms with Crippen molar-refractivity contribution >= 4 is 11.7 Å². The number of rotatable bonds is 4. The van der Waals surface area contributed by atoms with Gasteiger partial charge in [0, 0.05) is 0 Å². The number of benzene rings is 1. The maximum absolute atomic E-state index is 12.8. The van der Waals surface area contributed by atoms with Gasteiger partial charge in [-0.15, -0.1) is 0 Å². The largest absolute Gasteiger partial charge is 0.464 e. The van der Waals surface area contributed by atoms with Crippen LogP contribution < -0.4 is 0 Å². The molecule has 104 valence electrons. The summed E-state index contributed by atoms with van der Waals surface area (Å²) in [6.07, 6.45) is 1.04. The molecule has 20 heavy (non-hydrogen) atoms. The average Bonchev–Trinajstić information content (AvgIpc) is 2.84. The summed E-state index contributed by atoms with van der Waals surface area (Å²) in [5.74, 6) is -1.20. The summed E-state index contributed by atoms with van der Waals surface area (Å²) < 4.78 is 18.6. The second-order valence-corrected chi connectivity index (χ2v) is 3.93. The monoisotopic (exact) mass is 280 g/mol. The van der Waals surface area contributed by atoms with Gasteiger partial charge in [-0.2, -0.15) is 5.10 Å². The molecule has 2 aromatic rings. The Kier molecular flexibility index (Phi) is 3.74. The third-order valence-electron chi connectivity index (χ3n) is 2.65. The smallest absolute Gasteiger partial charge is 0.368 e. The fourth-order valence-corrected chi connectivity index (χ4v) is 1.70. The SMILES string of the molecule is COC(=O)c1c([N+](=O)O)cnn1Cc1ccc(F)cc1. The maximum atomic E-state index is 12.8. The molecule has 0 radical (unpaired) electrons. The van der Waals surface area contributed by atoms with Crippen molar-refractivity contribution in [1.82, 2.24) is 9.78 Å². The summed E-state index contributed by atoms with van der Waals surface area (Å²) in [5.41, 5.74) is 0.162. The molecule has 0 amide bonds. The minimum Gasteiger partial charge on any atom is -0.464 e. The number of aromatic nitrogens is 2. The molecule has 0 saturated carbocycles. The second-order valence-electron chi connectivity index (χ2n) is 3.93. The van der Waals surface area contributed by atoms with Crippen LogP contribution in [0.25, 0.3) is 0 Å². The molecule has 0 aliphatic carbocycles. The van der Waals surface area contributed by atoms with Gasteiger partial charge in [0.15, 0.2) is 0 Å². The van der Waals surface area contributed by atoms with Crippen LogP contribution in [-0.4, -0.2) is 33.0 Å². The highest BCUT2D eigenvalue weighted by molar-refractivity contribution is 5.91. The highest BCUT2D eigenvalue weighted by Gasteiger charge is 2.31. The summed E-state index contributed by atoms with van der Waals surface area (Å²) in [4.78, 5) is 22.1. The van der Waals surface area contributed by atoms with E-state index in [-0.39, 0.29) is 23.7 Å². The fourth-order valence-electron chi connectivity index (χ4n) is 1.70. The Hall–Kier alpha value is -2.77. The zero-order chi connectivity index (χ0) is 14.7. The lowest BCUT2D eigenvalue weighted by atomic mass is 10.2. The quantitative estimate of drug-likeness (QED) is 0.680. The van der Waals surface area contributed by atoms with E-state index < -0.39 is 10.9 Å². The number of carbonyl (C=O) groups is 1.